The lowest BCUT2D eigenvalue weighted by molar-refractivity contribution is -0.301. The van der Waals surface area contributed by atoms with Crippen molar-refractivity contribution in [1.29, 1.82) is 0 Å². The van der Waals surface area contributed by atoms with E-state index in [9.17, 15) is 25.2 Å². The van der Waals surface area contributed by atoms with Crippen LogP contribution in [0.4, 0.5) is 0 Å². The van der Waals surface area contributed by atoms with Crippen LogP contribution in [0.5, 0.6) is 0 Å². The number of rotatable bonds is 11. The minimum atomic E-state index is -1.50. The molecule has 1 saturated heterocycles. The molecule has 6 N–H and O–H groups in total. The maximum atomic E-state index is 13.5. The SMILES string of the molecule is C=Cc1c(C)c2cc3nc(c(C)c4nc(cc5[nH]c(cc1[nH]2)c(C)c5CC)C(C)=C4)[C@@H](CCC(=O)N(C)CCCO[C@@H]1O[C@H](CO)[C@@H](O)[C@H](O)[C@H]1O)[C@@H]3C. The highest BCUT2D eigenvalue weighted by Crippen LogP contribution is 2.42. The van der Waals surface area contributed by atoms with Gasteiger partial charge in [-0.1, -0.05) is 26.5 Å². The molecule has 3 aromatic rings. The summed E-state index contributed by atoms with van der Waals surface area (Å²) in [5, 5.41) is 39.7. The second-order valence-corrected chi connectivity index (χ2v) is 15.0. The number of carbonyl (C=O) groups is 1. The van der Waals surface area contributed by atoms with Crippen molar-refractivity contribution in [3.05, 3.63) is 75.4 Å². The highest BCUT2D eigenvalue weighted by Gasteiger charge is 2.44. The molecule has 3 aromatic heterocycles. The number of aliphatic hydroxyl groups is 4. The van der Waals surface area contributed by atoms with Gasteiger partial charge in [0.25, 0.3) is 0 Å². The molecule has 0 unspecified atom stereocenters. The first-order chi connectivity index (χ1) is 25.8. The van der Waals surface area contributed by atoms with Crippen LogP contribution in [0.25, 0.3) is 39.8 Å². The standard InChI is InChI=1S/C42H55N5O7/c1-9-26-23(5)32-19-35-27(10-2)22(4)31(44-35)18-33-24(6)28(38(46-33)25(7)30-16-21(3)29(43-30)17-34(26)45-32)12-13-37(49)47(8)14-11-15-53-42-41(52)40(51)39(50)36(20-48)54-42/h10,16-19,24,28,36,39-42,44-45,48,50-52H,2,9,11-15,20H2,1,3-8H3/t24-,28-,36+,39+,40-,41+,42+/m0/s1. The van der Waals surface area contributed by atoms with Crippen LogP contribution < -0.4 is 0 Å². The van der Waals surface area contributed by atoms with Crippen LogP contribution in [0.1, 0.15) is 102 Å². The summed E-state index contributed by atoms with van der Waals surface area (Å²) in [5.74, 6) is 0.0217. The predicted molar refractivity (Wildman–Crippen MR) is 211 cm³/mol. The van der Waals surface area contributed by atoms with E-state index in [1.54, 1.807) is 11.9 Å². The lowest BCUT2D eigenvalue weighted by atomic mass is 9.85. The first kappa shape index (κ1) is 39.5. The van der Waals surface area contributed by atoms with Crippen LogP contribution >= 0.6 is 0 Å². The van der Waals surface area contributed by atoms with E-state index in [1.165, 1.54) is 11.1 Å². The Morgan fingerprint density at radius 1 is 0.981 bits per heavy atom. The Morgan fingerprint density at radius 3 is 2.41 bits per heavy atom. The third kappa shape index (κ3) is 7.56. The van der Waals surface area contributed by atoms with E-state index in [0.29, 0.717) is 25.8 Å². The largest absolute Gasteiger partial charge is 0.394 e. The molecule has 12 nitrogen and oxygen atoms in total. The van der Waals surface area contributed by atoms with Gasteiger partial charge in [-0.3, -0.25) is 9.78 Å². The Hall–Kier alpha value is -4.17. The van der Waals surface area contributed by atoms with Gasteiger partial charge in [-0.15, -0.1) is 0 Å². The van der Waals surface area contributed by atoms with Crippen molar-refractivity contribution in [2.45, 2.75) is 110 Å². The molecule has 0 aromatic carbocycles. The van der Waals surface area contributed by atoms with Gasteiger partial charge in [-0.25, -0.2) is 4.98 Å². The molecule has 0 aliphatic carbocycles. The Balaban J connectivity index is 1.27. The molecule has 54 heavy (non-hydrogen) atoms. The highest BCUT2D eigenvalue weighted by molar-refractivity contribution is 5.86. The van der Waals surface area contributed by atoms with Gasteiger partial charge in [0.15, 0.2) is 6.29 Å². The number of aromatic amines is 2. The number of hydrogen-bond donors (Lipinski definition) is 6. The van der Waals surface area contributed by atoms with Gasteiger partial charge in [0.05, 0.1) is 24.6 Å². The van der Waals surface area contributed by atoms with Crippen LogP contribution in [0.2, 0.25) is 0 Å². The van der Waals surface area contributed by atoms with E-state index in [2.05, 4.69) is 82.4 Å². The van der Waals surface area contributed by atoms with Crippen LogP contribution in [0.15, 0.2) is 24.8 Å². The number of ether oxygens (including phenoxy) is 2. The lowest BCUT2D eigenvalue weighted by Gasteiger charge is -2.39. The molecule has 6 heterocycles. The zero-order valence-corrected chi connectivity index (χ0v) is 32.4. The Kier molecular flexibility index (Phi) is 11.9. The molecular weight excluding hydrogens is 686 g/mol. The maximum absolute atomic E-state index is 13.5. The molecule has 7 atom stereocenters. The van der Waals surface area contributed by atoms with Gasteiger partial charge < -0.3 is 44.8 Å². The molecular formula is C42H55N5O7. The summed E-state index contributed by atoms with van der Waals surface area (Å²) in [6.45, 7) is 16.9. The number of allylic oxidation sites excluding steroid dienone is 1. The topological polar surface area (TPSA) is 177 Å². The van der Waals surface area contributed by atoms with E-state index >= 15 is 0 Å². The normalized spacial score (nSPS) is 24.1. The fraction of sp³-hybridized carbons (Fsp3) is 0.500. The first-order valence-electron chi connectivity index (χ1n) is 19.0. The van der Waals surface area contributed by atoms with Gasteiger partial charge in [-0.05, 0) is 99.1 Å². The molecule has 1 fully saturated rings. The molecule has 3 aliphatic heterocycles. The Morgan fingerprint density at radius 2 is 1.70 bits per heavy atom. The van der Waals surface area contributed by atoms with Crippen LogP contribution in [-0.2, 0) is 20.7 Å². The number of nitrogens with one attached hydrogen (secondary N) is 2. The summed E-state index contributed by atoms with van der Waals surface area (Å²) in [6, 6.07) is 6.45. The summed E-state index contributed by atoms with van der Waals surface area (Å²) >= 11 is 0. The van der Waals surface area contributed by atoms with Crippen molar-refractivity contribution in [2.75, 3.05) is 26.8 Å². The number of amides is 1. The zero-order chi connectivity index (χ0) is 39.0. The number of H-pyrrole nitrogens is 2. The molecule has 1 amide bonds. The number of aromatic nitrogens is 4. The molecule has 6 rings (SSSR count). The predicted octanol–water partition coefficient (Wildman–Crippen LogP) is 5.34. The highest BCUT2D eigenvalue weighted by atomic mass is 16.7. The fourth-order valence-electron chi connectivity index (χ4n) is 7.98. The maximum Gasteiger partial charge on any atom is 0.222 e. The van der Waals surface area contributed by atoms with Gasteiger partial charge >= 0.3 is 0 Å². The molecule has 0 radical (unpaired) electrons. The third-order valence-electron chi connectivity index (χ3n) is 11.5. The smallest absolute Gasteiger partial charge is 0.222 e. The second-order valence-electron chi connectivity index (χ2n) is 15.0. The summed E-state index contributed by atoms with van der Waals surface area (Å²) in [7, 11) is 1.76. The van der Waals surface area contributed by atoms with Crippen LogP contribution in [0.3, 0.4) is 0 Å². The van der Waals surface area contributed by atoms with Crippen molar-refractivity contribution in [3.8, 4) is 0 Å². The minimum absolute atomic E-state index is 0.00907. The molecule has 0 spiro atoms. The summed E-state index contributed by atoms with van der Waals surface area (Å²) < 4.78 is 11.0. The van der Waals surface area contributed by atoms with E-state index in [1.807, 2.05) is 6.08 Å². The Bertz CT molecular complexity index is 2100. The summed E-state index contributed by atoms with van der Waals surface area (Å²) in [4.78, 5) is 32.9. The van der Waals surface area contributed by atoms with Crippen LogP contribution in [0, 0.1) is 20.8 Å². The number of aryl methyl sites for hydroxylation is 3. The monoisotopic (exact) mass is 741 g/mol. The van der Waals surface area contributed by atoms with Gasteiger partial charge in [0, 0.05) is 70.9 Å². The van der Waals surface area contributed by atoms with E-state index in [0.717, 1.165) is 73.5 Å². The number of fused-ring (bicyclic) bond motifs is 8. The van der Waals surface area contributed by atoms with Gasteiger partial charge in [-0.2, -0.15) is 0 Å². The van der Waals surface area contributed by atoms with E-state index < -0.39 is 37.3 Å². The zero-order valence-electron chi connectivity index (χ0n) is 32.4. The van der Waals surface area contributed by atoms with Gasteiger partial charge in [0.2, 0.25) is 5.91 Å². The third-order valence-corrected chi connectivity index (χ3v) is 11.5. The van der Waals surface area contributed by atoms with E-state index in [-0.39, 0.29) is 24.3 Å². The van der Waals surface area contributed by atoms with Crippen molar-refractivity contribution in [2.24, 2.45) is 0 Å². The summed E-state index contributed by atoms with van der Waals surface area (Å²) in [5.41, 5.74) is 14.4. The number of carbonyl (C=O) groups excluding carboxylic acids is 1. The van der Waals surface area contributed by atoms with Crippen molar-refractivity contribution >= 4 is 45.7 Å². The van der Waals surface area contributed by atoms with Crippen molar-refractivity contribution < 1.29 is 34.7 Å². The average Bonchev–Trinajstić information content (AvgIpc) is 3.86. The molecule has 12 heteroatoms. The minimum Gasteiger partial charge on any atom is -0.394 e. The molecule has 3 aliphatic rings. The lowest BCUT2D eigenvalue weighted by Crippen LogP contribution is -2.59. The molecule has 8 bridgehead atoms. The Labute approximate surface area is 316 Å². The second kappa shape index (κ2) is 16.3. The van der Waals surface area contributed by atoms with E-state index in [4.69, 9.17) is 19.4 Å². The van der Waals surface area contributed by atoms with Gasteiger partial charge in [0.1, 0.15) is 24.4 Å². The van der Waals surface area contributed by atoms with Crippen molar-refractivity contribution in [3.63, 3.8) is 0 Å². The number of aliphatic hydroxyl groups excluding tert-OH is 4. The van der Waals surface area contributed by atoms with Crippen LogP contribution in [-0.4, -0.2) is 109 Å². The molecule has 0 saturated carbocycles. The first-order valence-corrected chi connectivity index (χ1v) is 19.0. The average molecular weight is 742 g/mol. The summed E-state index contributed by atoms with van der Waals surface area (Å²) in [6.07, 6.45) is -0.369. The number of nitrogens with zero attached hydrogens (tertiary/aromatic N) is 3. The quantitative estimate of drug-likeness (QED) is 0.142. The van der Waals surface area contributed by atoms with Crippen molar-refractivity contribution in [1.82, 2.24) is 24.8 Å². The fourth-order valence-corrected chi connectivity index (χ4v) is 7.98. The number of hydrogen-bond acceptors (Lipinski definition) is 9. The molecule has 290 valence electrons.